The molecule has 4 fully saturated rings. The van der Waals surface area contributed by atoms with Crippen molar-refractivity contribution >= 4 is 11.4 Å². The zero-order chi connectivity index (χ0) is 24.6. The smallest absolute Gasteiger partial charge is 0.0620 e. The number of aliphatic hydroxyl groups excluding tert-OH is 4. The predicted molar refractivity (Wildman–Crippen MR) is 141 cm³/mol. The SMILES string of the molecule is OC1CCCCC1C(=NCCCN=C(C1CCCCC1O)C1CCCCC1O)C1CCCCC1O. The van der Waals surface area contributed by atoms with Crippen molar-refractivity contribution in [3.8, 4) is 0 Å². The maximum Gasteiger partial charge on any atom is 0.0620 e. The first-order valence-electron chi connectivity index (χ1n) is 14.9. The minimum atomic E-state index is -0.332. The van der Waals surface area contributed by atoms with Crippen molar-refractivity contribution in [3.05, 3.63) is 0 Å². The monoisotopic (exact) mass is 490 g/mol. The highest BCUT2D eigenvalue weighted by Gasteiger charge is 2.37. The summed E-state index contributed by atoms with van der Waals surface area (Å²) in [4.78, 5) is 10.1. The number of rotatable bonds is 8. The summed E-state index contributed by atoms with van der Waals surface area (Å²) in [6.45, 7) is 1.33. The summed E-state index contributed by atoms with van der Waals surface area (Å²) in [6, 6.07) is 0. The van der Waals surface area contributed by atoms with Crippen molar-refractivity contribution in [1.29, 1.82) is 0 Å². The minimum absolute atomic E-state index is 0.0929. The van der Waals surface area contributed by atoms with Gasteiger partial charge < -0.3 is 20.4 Å². The highest BCUT2D eigenvalue weighted by Crippen LogP contribution is 2.36. The van der Waals surface area contributed by atoms with E-state index in [2.05, 4.69) is 0 Å². The van der Waals surface area contributed by atoms with Crippen LogP contribution in [0.3, 0.4) is 0 Å². The van der Waals surface area contributed by atoms with Crippen LogP contribution in [0.5, 0.6) is 0 Å². The van der Waals surface area contributed by atoms with Gasteiger partial charge >= 0.3 is 0 Å². The van der Waals surface area contributed by atoms with Gasteiger partial charge in [-0.3, -0.25) is 9.98 Å². The number of hydrogen-bond acceptors (Lipinski definition) is 6. The molecule has 0 bridgehead atoms. The van der Waals surface area contributed by atoms with E-state index >= 15 is 0 Å². The molecule has 0 saturated heterocycles. The van der Waals surface area contributed by atoms with Crippen LogP contribution in [0.2, 0.25) is 0 Å². The van der Waals surface area contributed by atoms with Crippen LogP contribution in [0.25, 0.3) is 0 Å². The third-order valence-corrected chi connectivity index (χ3v) is 9.34. The summed E-state index contributed by atoms with van der Waals surface area (Å²) in [5.41, 5.74) is 2.14. The van der Waals surface area contributed by atoms with Gasteiger partial charge in [-0.1, -0.05) is 51.4 Å². The lowest BCUT2D eigenvalue weighted by Gasteiger charge is -2.37. The van der Waals surface area contributed by atoms with Crippen LogP contribution >= 0.6 is 0 Å². The number of aliphatic imine (C=N–C) groups is 2. The normalized spacial score (nSPS) is 38.5. The molecule has 0 amide bonds. The molecule has 6 nitrogen and oxygen atoms in total. The first-order valence-corrected chi connectivity index (χ1v) is 14.9. The zero-order valence-corrected chi connectivity index (χ0v) is 21.7. The Balaban J connectivity index is 1.44. The van der Waals surface area contributed by atoms with Crippen molar-refractivity contribution in [3.63, 3.8) is 0 Å². The largest absolute Gasteiger partial charge is 0.392 e. The van der Waals surface area contributed by atoms with Crippen molar-refractivity contribution in [2.45, 2.75) is 134 Å². The molecule has 0 radical (unpaired) electrons. The molecule has 4 aliphatic carbocycles. The molecule has 4 aliphatic rings. The van der Waals surface area contributed by atoms with Crippen LogP contribution in [-0.2, 0) is 0 Å². The predicted octanol–water partition coefficient (Wildman–Crippen LogP) is 4.46. The summed E-state index contributed by atoms with van der Waals surface area (Å²) < 4.78 is 0. The van der Waals surface area contributed by atoms with Gasteiger partial charge in [0, 0.05) is 48.2 Å². The minimum Gasteiger partial charge on any atom is -0.392 e. The molecule has 35 heavy (non-hydrogen) atoms. The molecule has 200 valence electrons. The standard InChI is InChI=1S/C29H50N2O4/c32-24-14-5-1-10-20(24)28(21-11-2-6-15-25(21)33)30-18-9-19-31-29(22-12-3-7-16-26(22)34)23-13-4-8-17-27(23)35/h20-27,32-35H,1-19H2. The molecule has 6 heteroatoms. The zero-order valence-electron chi connectivity index (χ0n) is 21.7. The van der Waals surface area contributed by atoms with Crippen LogP contribution in [0.15, 0.2) is 9.98 Å². The molecular formula is C29H50N2O4. The summed E-state index contributed by atoms with van der Waals surface area (Å²) in [6.07, 6.45) is 15.6. The van der Waals surface area contributed by atoms with E-state index < -0.39 is 0 Å². The molecule has 0 aliphatic heterocycles. The van der Waals surface area contributed by atoms with E-state index in [-0.39, 0.29) is 48.1 Å². The Morgan fingerprint density at radius 1 is 0.429 bits per heavy atom. The molecule has 0 aromatic rings. The van der Waals surface area contributed by atoms with Gasteiger partial charge in [0.1, 0.15) is 0 Å². The van der Waals surface area contributed by atoms with Gasteiger partial charge in [-0.2, -0.15) is 0 Å². The Bertz CT molecular complexity index is 605. The molecule has 4 N–H and O–H groups in total. The van der Waals surface area contributed by atoms with Gasteiger partial charge in [0.2, 0.25) is 0 Å². The van der Waals surface area contributed by atoms with E-state index in [9.17, 15) is 20.4 Å². The van der Waals surface area contributed by atoms with Gasteiger partial charge in [-0.25, -0.2) is 0 Å². The number of hydrogen-bond donors (Lipinski definition) is 4. The van der Waals surface area contributed by atoms with E-state index in [0.29, 0.717) is 13.1 Å². The maximum absolute atomic E-state index is 10.7. The number of aliphatic hydroxyl groups is 4. The third-order valence-electron chi connectivity index (χ3n) is 9.34. The molecule has 0 aromatic carbocycles. The lowest BCUT2D eigenvalue weighted by Crippen LogP contribution is -2.41. The fourth-order valence-corrected chi connectivity index (χ4v) is 7.33. The van der Waals surface area contributed by atoms with Crippen molar-refractivity contribution < 1.29 is 20.4 Å². The molecular weight excluding hydrogens is 440 g/mol. The van der Waals surface area contributed by atoms with Gasteiger partial charge in [-0.05, 0) is 57.8 Å². The first kappa shape index (κ1) is 27.2. The van der Waals surface area contributed by atoms with E-state index in [1.165, 1.54) is 0 Å². The van der Waals surface area contributed by atoms with Gasteiger partial charge in [0.05, 0.1) is 24.4 Å². The van der Waals surface area contributed by atoms with Crippen molar-refractivity contribution in [1.82, 2.24) is 0 Å². The Kier molecular flexibility index (Phi) is 10.6. The average Bonchev–Trinajstić information content (AvgIpc) is 2.86. The summed E-state index contributed by atoms with van der Waals surface area (Å²) >= 11 is 0. The fourth-order valence-electron chi connectivity index (χ4n) is 7.33. The lowest BCUT2D eigenvalue weighted by atomic mass is 9.73. The fraction of sp³-hybridized carbons (Fsp3) is 0.931. The van der Waals surface area contributed by atoms with E-state index in [0.717, 1.165) is 121 Å². The molecule has 4 saturated carbocycles. The summed E-state index contributed by atoms with van der Waals surface area (Å²) in [5.74, 6) is 0.372. The Hall–Kier alpha value is -0.820. The Labute approximate surface area is 212 Å². The molecule has 0 spiro atoms. The van der Waals surface area contributed by atoms with Gasteiger partial charge in [0.15, 0.2) is 0 Å². The van der Waals surface area contributed by atoms with E-state index in [4.69, 9.17) is 9.98 Å². The second-order valence-electron chi connectivity index (χ2n) is 11.8. The van der Waals surface area contributed by atoms with E-state index in [1.54, 1.807) is 0 Å². The van der Waals surface area contributed by atoms with Gasteiger partial charge in [0.25, 0.3) is 0 Å². The highest BCUT2D eigenvalue weighted by atomic mass is 16.3. The summed E-state index contributed by atoms with van der Waals surface area (Å²) in [5, 5.41) is 43.0. The second kappa shape index (κ2) is 13.6. The maximum atomic E-state index is 10.7. The first-order chi connectivity index (χ1) is 17.1. The second-order valence-corrected chi connectivity index (χ2v) is 11.8. The van der Waals surface area contributed by atoms with Gasteiger partial charge in [-0.15, -0.1) is 0 Å². The quantitative estimate of drug-likeness (QED) is 0.298. The lowest BCUT2D eigenvalue weighted by molar-refractivity contribution is 0.0771. The average molecular weight is 491 g/mol. The molecule has 4 rings (SSSR count). The van der Waals surface area contributed by atoms with Crippen molar-refractivity contribution in [2.24, 2.45) is 33.7 Å². The Morgan fingerprint density at radius 3 is 0.943 bits per heavy atom. The third kappa shape index (κ3) is 7.15. The molecule has 8 unspecified atom stereocenters. The van der Waals surface area contributed by atoms with E-state index in [1.807, 2.05) is 0 Å². The van der Waals surface area contributed by atoms with Crippen LogP contribution in [0.1, 0.15) is 109 Å². The van der Waals surface area contributed by atoms with Crippen LogP contribution in [0.4, 0.5) is 0 Å². The molecule has 0 heterocycles. The molecule has 8 atom stereocenters. The summed E-state index contributed by atoms with van der Waals surface area (Å²) in [7, 11) is 0. The highest BCUT2D eigenvalue weighted by molar-refractivity contribution is 5.91. The van der Waals surface area contributed by atoms with Crippen LogP contribution < -0.4 is 0 Å². The number of nitrogens with zero attached hydrogens (tertiary/aromatic N) is 2. The van der Waals surface area contributed by atoms with Crippen LogP contribution in [-0.4, -0.2) is 69.4 Å². The Morgan fingerprint density at radius 2 is 0.686 bits per heavy atom. The van der Waals surface area contributed by atoms with Crippen LogP contribution in [0, 0.1) is 23.7 Å². The molecule has 0 aromatic heterocycles. The topological polar surface area (TPSA) is 106 Å². The van der Waals surface area contributed by atoms with Crippen molar-refractivity contribution in [2.75, 3.05) is 13.1 Å².